The molecule has 3 N–H and O–H groups in total. The predicted molar refractivity (Wildman–Crippen MR) is 91.4 cm³/mol. The van der Waals surface area contributed by atoms with Crippen molar-refractivity contribution in [3.63, 3.8) is 0 Å². The van der Waals surface area contributed by atoms with Gasteiger partial charge in [-0.1, -0.05) is 30.3 Å². The molecule has 1 amide bonds. The number of hydrogen-bond acceptors (Lipinski definition) is 3. The van der Waals surface area contributed by atoms with Crippen molar-refractivity contribution in [2.24, 2.45) is 0 Å². The fourth-order valence-electron chi connectivity index (χ4n) is 1.96. The van der Waals surface area contributed by atoms with Gasteiger partial charge in [0.2, 0.25) is 5.91 Å². The third-order valence-electron chi connectivity index (χ3n) is 3.16. The Balaban J connectivity index is 1.71. The van der Waals surface area contributed by atoms with Crippen LogP contribution in [0.3, 0.4) is 0 Å². The lowest BCUT2D eigenvalue weighted by Gasteiger charge is -2.07. The molecular formula is C17H20N2OS. The van der Waals surface area contributed by atoms with E-state index in [9.17, 15) is 4.79 Å². The molecule has 3 nitrogen and oxygen atoms in total. The van der Waals surface area contributed by atoms with E-state index in [1.807, 2.05) is 18.2 Å². The number of nitrogens with one attached hydrogen (secondary N) is 1. The Labute approximate surface area is 129 Å². The van der Waals surface area contributed by atoms with Gasteiger partial charge in [0.15, 0.2) is 0 Å². The number of nitrogens with two attached hydrogens (primary N) is 1. The van der Waals surface area contributed by atoms with Crippen molar-refractivity contribution >= 4 is 29.0 Å². The fraction of sp³-hybridized carbons (Fsp3) is 0.235. The first kappa shape index (κ1) is 15.4. The first-order valence-electron chi connectivity index (χ1n) is 6.93. The number of thioether (sulfide) groups is 1. The van der Waals surface area contributed by atoms with Crippen LogP contribution in [0.15, 0.2) is 48.5 Å². The van der Waals surface area contributed by atoms with Crippen LogP contribution in [0.5, 0.6) is 0 Å². The van der Waals surface area contributed by atoms with Gasteiger partial charge in [-0.25, -0.2) is 0 Å². The summed E-state index contributed by atoms with van der Waals surface area (Å²) in [5.41, 5.74) is 9.72. The molecule has 0 saturated carbocycles. The highest BCUT2D eigenvalue weighted by Crippen LogP contribution is 2.17. The van der Waals surface area contributed by atoms with Crippen molar-refractivity contribution < 1.29 is 4.79 Å². The Morgan fingerprint density at radius 3 is 2.76 bits per heavy atom. The Morgan fingerprint density at radius 2 is 2.00 bits per heavy atom. The molecule has 0 unspecified atom stereocenters. The summed E-state index contributed by atoms with van der Waals surface area (Å²) < 4.78 is 0. The van der Waals surface area contributed by atoms with E-state index in [2.05, 4.69) is 30.4 Å². The molecule has 0 atom stereocenters. The molecule has 21 heavy (non-hydrogen) atoms. The molecule has 0 radical (unpaired) electrons. The first-order chi connectivity index (χ1) is 10.1. The number of carbonyl (C=O) groups is 1. The van der Waals surface area contributed by atoms with Crippen LogP contribution in [0.25, 0.3) is 0 Å². The second kappa shape index (κ2) is 7.74. The van der Waals surface area contributed by atoms with Gasteiger partial charge in [-0.2, -0.15) is 11.8 Å². The summed E-state index contributed by atoms with van der Waals surface area (Å²) in [6.45, 7) is 2.11. The Kier molecular flexibility index (Phi) is 5.69. The summed E-state index contributed by atoms with van der Waals surface area (Å²) in [5.74, 6) is 1.78. The van der Waals surface area contributed by atoms with Crippen LogP contribution in [0, 0.1) is 6.92 Å². The highest BCUT2D eigenvalue weighted by Gasteiger charge is 2.03. The summed E-state index contributed by atoms with van der Waals surface area (Å²) >= 11 is 1.78. The number of carbonyl (C=O) groups excluding carboxylic acids is 1. The zero-order chi connectivity index (χ0) is 15.1. The summed E-state index contributed by atoms with van der Waals surface area (Å²) in [4.78, 5) is 11.8. The summed E-state index contributed by atoms with van der Waals surface area (Å²) in [6, 6.07) is 15.6. The minimum atomic E-state index is 0.0258. The molecule has 2 aromatic carbocycles. The number of benzene rings is 2. The molecule has 110 valence electrons. The second-order valence-electron chi connectivity index (χ2n) is 4.90. The number of anilines is 2. The van der Waals surface area contributed by atoms with Crippen molar-refractivity contribution in [3.05, 3.63) is 59.7 Å². The summed E-state index contributed by atoms with van der Waals surface area (Å²) in [7, 11) is 0. The first-order valence-corrected chi connectivity index (χ1v) is 8.08. The molecule has 0 spiro atoms. The van der Waals surface area contributed by atoms with Crippen molar-refractivity contribution in [3.8, 4) is 0 Å². The third-order valence-corrected chi connectivity index (χ3v) is 4.17. The SMILES string of the molecule is Cc1ccccc1CSCCC(=O)Nc1cccc(N)c1. The van der Waals surface area contributed by atoms with Crippen molar-refractivity contribution in [1.29, 1.82) is 0 Å². The largest absolute Gasteiger partial charge is 0.399 e. The maximum Gasteiger partial charge on any atom is 0.225 e. The summed E-state index contributed by atoms with van der Waals surface area (Å²) in [5, 5.41) is 2.86. The average molecular weight is 300 g/mol. The molecule has 0 saturated heterocycles. The van der Waals surface area contributed by atoms with E-state index < -0.39 is 0 Å². The minimum Gasteiger partial charge on any atom is -0.399 e. The molecule has 0 aliphatic carbocycles. The number of rotatable bonds is 6. The van der Waals surface area contributed by atoms with Gasteiger partial charge in [-0.3, -0.25) is 4.79 Å². The van der Waals surface area contributed by atoms with Gasteiger partial charge in [0.25, 0.3) is 0 Å². The van der Waals surface area contributed by atoms with E-state index in [1.165, 1.54) is 11.1 Å². The molecule has 2 rings (SSSR count). The minimum absolute atomic E-state index is 0.0258. The van der Waals surface area contributed by atoms with Crippen LogP contribution in [0.1, 0.15) is 17.5 Å². The molecule has 0 aromatic heterocycles. The summed E-state index contributed by atoms with van der Waals surface area (Å²) in [6.07, 6.45) is 0.505. The van der Waals surface area contributed by atoms with Gasteiger partial charge >= 0.3 is 0 Å². The van der Waals surface area contributed by atoms with Crippen molar-refractivity contribution in [1.82, 2.24) is 0 Å². The Hall–Kier alpha value is -1.94. The van der Waals surface area contributed by atoms with E-state index in [4.69, 9.17) is 5.73 Å². The van der Waals surface area contributed by atoms with Crippen molar-refractivity contribution in [2.75, 3.05) is 16.8 Å². The van der Waals surface area contributed by atoms with E-state index in [1.54, 1.807) is 23.9 Å². The molecule has 0 aliphatic heterocycles. The highest BCUT2D eigenvalue weighted by molar-refractivity contribution is 7.98. The fourth-order valence-corrected chi connectivity index (χ4v) is 2.98. The van der Waals surface area contributed by atoms with Gasteiger partial charge < -0.3 is 11.1 Å². The van der Waals surface area contributed by atoms with Gasteiger partial charge in [0.05, 0.1) is 0 Å². The van der Waals surface area contributed by atoms with Crippen LogP contribution >= 0.6 is 11.8 Å². The maximum atomic E-state index is 11.8. The van der Waals surface area contributed by atoms with E-state index >= 15 is 0 Å². The second-order valence-corrected chi connectivity index (χ2v) is 6.01. The van der Waals surface area contributed by atoms with Gasteiger partial charge in [0, 0.05) is 29.3 Å². The maximum absolute atomic E-state index is 11.8. The smallest absolute Gasteiger partial charge is 0.225 e. The average Bonchev–Trinajstić information content (AvgIpc) is 2.45. The standard InChI is InChI=1S/C17H20N2OS/c1-13-5-2-3-6-14(13)12-21-10-9-17(20)19-16-8-4-7-15(18)11-16/h2-8,11H,9-10,12,18H2,1H3,(H,19,20). The van der Waals surface area contributed by atoms with E-state index in [0.717, 1.165) is 17.2 Å². The molecule has 0 heterocycles. The van der Waals surface area contributed by atoms with Crippen LogP contribution in [-0.2, 0) is 10.5 Å². The number of amides is 1. The molecule has 0 bridgehead atoms. The number of aryl methyl sites for hydroxylation is 1. The molecule has 4 heteroatoms. The Morgan fingerprint density at radius 1 is 1.19 bits per heavy atom. The molecular weight excluding hydrogens is 280 g/mol. The zero-order valence-corrected chi connectivity index (χ0v) is 13.0. The predicted octanol–water partition coefficient (Wildman–Crippen LogP) is 3.84. The van der Waals surface area contributed by atoms with Crippen LogP contribution in [0.2, 0.25) is 0 Å². The van der Waals surface area contributed by atoms with Gasteiger partial charge in [-0.05, 0) is 36.2 Å². The molecule has 0 aliphatic rings. The van der Waals surface area contributed by atoms with Crippen LogP contribution < -0.4 is 11.1 Å². The number of nitrogen functional groups attached to an aromatic ring is 1. The monoisotopic (exact) mass is 300 g/mol. The van der Waals surface area contributed by atoms with Crippen LogP contribution in [0.4, 0.5) is 11.4 Å². The Bertz CT molecular complexity index is 613. The van der Waals surface area contributed by atoms with Gasteiger partial charge in [0.1, 0.15) is 0 Å². The van der Waals surface area contributed by atoms with Gasteiger partial charge in [-0.15, -0.1) is 0 Å². The van der Waals surface area contributed by atoms with E-state index in [-0.39, 0.29) is 5.91 Å². The molecule has 0 fully saturated rings. The van der Waals surface area contributed by atoms with E-state index in [0.29, 0.717) is 12.1 Å². The number of hydrogen-bond donors (Lipinski definition) is 2. The van der Waals surface area contributed by atoms with Crippen LogP contribution in [-0.4, -0.2) is 11.7 Å². The lowest BCUT2D eigenvalue weighted by Crippen LogP contribution is -2.12. The normalized spacial score (nSPS) is 10.3. The lowest BCUT2D eigenvalue weighted by atomic mass is 10.1. The van der Waals surface area contributed by atoms with Crippen molar-refractivity contribution in [2.45, 2.75) is 19.1 Å². The molecule has 2 aromatic rings. The topological polar surface area (TPSA) is 55.1 Å². The lowest BCUT2D eigenvalue weighted by molar-refractivity contribution is -0.115. The quantitative estimate of drug-likeness (QED) is 0.629. The zero-order valence-electron chi connectivity index (χ0n) is 12.1. The third kappa shape index (κ3) is 5.16. The highest BCUT2D eigenvalue weighted by atomic mass is 32.2.